The zero-order valence-corrected chi connectivity index (χ0v) is 22.1. The second-order valence-corrected chi connectivity index (χ2v) is 10.2. The van der Waals surface area contributed by atoms with Crippen molar-refractivity contribution in [2.75, 3.05) is 13.6 Å². The maximum atomic E-state index is 13.2. The van der Waals surface area contributed by atoms with Gasteiger partial charge in [-0.15, -0.1) is 0 Å². The fourth-order valence-electron chi connectivity index (χ4n) is 5.42. The molecule has 2 amide bonds. The van der Waals surface area contributed by atoms with Crippen LogP contribution in [0, 0.1) is 0 Å². The molecule has 0 spiro atoms. The number of nitrogens with zero attached hydrogens (tertiary/aromatic N) is 3. The Morgan fingerprint density at radius 3 is 2.34 bits per heavy atom. The average molecular weight is 509 g/mol. The van der Waals surface area contributed by atoms with Gasteiger partial charge in [0.2, 0.25) is 11.8 Å². The summed E-state index contributed by atoms with van der Waals surface area (Å²) in [5.74, 6) is 0.918. The third-order valence-electron chi connectivity index (χ3n) is 7.64. The van der Waals surface area contributed by atoms with Crippen LogP contribution in [0.5, 0.6) is 0 Å². The molecule has 196 valence electrons. The van der Waals surface area contributed by atoms with E-state index in [1.807, 2.05) is 71.1 Å². The molecule has 6 nitrogen and oxygen atoms in total. The van der Waals surface area contributed by atoms with Crippen LogP contribution >= 0.6 is 0 Å². The molecule has 6 heteroatoms. The summed E-state index contributed by atoms with van der Waals surface area (Å²) in [6, 6.07) is 26.6. The number of fused-ring (bicyclic) bond motifs is 1. The number of carbonyl (C=O) groups excluding carboxylic acids is 2. The molecule has 1 aromatic heterocycles. The number of carbonyl (C=O) groups is 2. The number of imidazole rings is 1. The van der Waals surface area contributed by atoms with Gasteiger partial charge in [0.15, 0.2) is 0 Å². The Bertz CT molecular complexity index is 1370. The summed E-state index contributed by atoms with van der Waals surface area (Å²) in [6.45, 7) is 0.738. The first-order chi connectivity index (χ1) is 18.6. The van der Waals surface area contributed by atoms with Gasteiger partial charge in [0.05, 0.1) is 17.5 Å². The normalized spacial score (nSPS) is 13.9. The van der Waals surface area contributed by atoms with Crippen molar-refractivity contribution in [3.05, 3.63) is 90.3 Å². The highest BCUT2D eigenvalue weighted by atomic mass is 16.2. The molecule has 0 aliphatic heterocycles. The number of aromatic nitrogens is 2. The molecule has 38 heavy (non-hydrogen) atoms. The van der Waals surface area contributed by atoms with Crippen LogP contribution in [0.3, 0.4) is 0 Å². The van der Waals surface area contributed by atoms with E-state index in [4.69, 9.17) is 4.98 Å². The van der Waals surface area contributed by atoms with Crippen LogP contribution in [0.4, 0.5) is 0 Å². The summed E-state index contributed by atoms with van der Waals surface area (Å²) in [7, 11) is 1.93. The van der Waals surface area contributed by atoms with Crippen LogP contribution < -0.4 is 5.32 Å². The lowest BCUT2D eigenvalue weighted by atomic mass is 9.94. The fourth-order valence-corrected chi connectivity index (χ4v) is 5.42. The van der Waals surface area contributed by atoms with E-state index >= 15 is 0 Å². The maximum Gasteiger partial charge on any atom is 0.242 e. The van der Waals surface area contributed by atoms with Crippen molar-refractivity contribution in [1.29, 1.82) is 0 Å². The Morgan fingerprint density at radius 2 is 1.58 bits per heavy atom. The summed E-state index contributed by atoms with van der Waals surface area (Å²) >= 11 is 0. The Kier molecular flexibility index (Phi) is 8.17. The van der Waals surface area contributed by atoms with Crippen molar-refractivity contribution < 1.29 is 9.59 Å². The fraction of sp³-hybridized carbons (Fsp3) is 0.344. The number of nitrogens with one attached hydrogen (secondary N) is 1. The van der Waals surface area contributed by atoms with E-state index in [1.54, 1.807) is 0 Å². The molecule has 5 rings (SSSR count). The van der Waals surface area contributed by atoms with Crippen molar-refractivity contribution in [3.8, 4) is 11.1 Å². The SMILES string of the molecule is CN(C(=O)Cn1c(CCNC(=O)Cc2ccc(-c3ccccc3)cc2)nc2ccccc21)C1CCCCC1. The van der Waals surface area contributed by atoms with Gasteiger partial charge in [-0.1, -0.05) is 86.0 Å². The summed E-state index contributed by atoms with van der Waals surface area (Å²) in [4.78, 5) is 32.6. The number of rotatable bonds is 9. The lowest BCUT2D eigenvalue weighted by molar-refractivity contribution is -0.133. The molecular weight excluding hydrogens is 472 g/mol. The molecule has 1 heterocycles. The number of hydrogen-bond donors (Lipinski definition) is 1. The molecule has 1 N–H and O–H groups in total. The lowest BCUT2D eigenvalue weighted by Crippen LogP contribution is -2.40. The predicted molar refractivity (Wildman–Crippen MR) is 152 cm³/mol. The second kappa shape index (κ2) is 12.1. The molecule has 0 saturated heterocycles. The third-order valence-corrected chi connectivity index (χ3v) is 7.64. The molecule has 0 unspecified atom stereocenters. The van der Waals surface area contributed by atoms with Gasteiger partial charge >= 0.3 is 0 Å². The number of likely N-dealkylation sites (N-methyl/N-ethyl adjacent to an activating group) is 1. The smallest absolute Gasteiger partial charge is 0.242 e. The first kappa shape index (κ1) is 25.7. The zero-order valence-electron chi connectivity index (χ0n) is 22.1. The highest BCUT2D eigenvalue weighted by Crippen LogP contribution is 2.23. The number of para-hydroxylation sites is 2. The average Bonchev–Trinajstić information content (AvgIpc) is 3.31. The molecular formula is C32H36N4O2. The van der Waals surface area contributed by atoms with Gasteiger partial charge < -0.3 is 14.8 Å². The monoisotopic (exact) mass is 508 g/mol. The number of hydrogen-bond acceptors (Lipinski definition) is 3. The summed E-state index contributed by atoms with van der Waals surface area (Å²) in [6.07, 6.45) is 6.71. The van der Waals surface area contributed by atoms with E-state index < -0.39 is 0 Å². The Balaban J connectivity index is 1.19. The zero-order chi connectivity index (χ0) is 26.3. The van der Waals surface area contributed by atoms with E-state index in [0.717, 1.165) is 46.4 Å². The molecule has 0 bridgehead atoms. The lowest BCUT2D eigenvalue weighted by Gasteiger charge is -2.31. The largest absolute Gasteiger partial charge is 0.355 e. The van der Waals surface area contributed by atoms with Crippen LogP contribution in [-0.2, 0) is 29.0 Å². The minimum Gasteiger partial charge on any atom is -0.355 e. The highest BCUT2D eigenvalue weighted by Gasteiger charge is 2.23. The van der Waals surface area contributed by atoms with E-state index in [1.165, 1.54) is 19.3 Å². The molecule has 1 aliphatic rings. The van der Waals surface area contributed by atoms with Gasteiger partial charge in [0, 0.05) is 26.1 Å². The minimum absolute atomic E-state index is 0.0202. The molecule has 3 aromatic carbocycles. The molecule has 0 radical (unpaired) electrons. The number of benzene rings is 3. The first-order valence-corrected chi connectivity index (χ1v) is 13.7. The summed E-state index contributed by atoms with van der Waals surface area (Å²) in [5, 5.41) is 3.04. The second-order valence-electron chi connectivity index (χ2n) is 10.2. The van der Waals surface area contributed by atoms with Crippen LogP contribution in [0.15, 0.2) is 78.9 Å². The van der Waals surface area contributed by atoms with Crippen molar-refractivity contribution in [3.63, 3.8) is 0 Å². The quantitative estimate of drug-likeness (QED) is 0.329. The van der Waals surface area contributed by atoms with Crippen LogP contribution in [0.25, 0.3) is 22.2 Å². The highest BCUT2D eigenvalue weighted by molar-refractivity contribution is 5.81. The minimum atomic E-state index is -0.0202. The molecule has 4 aromatic rings. The predicted octanol–water partition coefficient (Wildman–Crippen LogP) is 5.40. The molecule has 1 fully saturated rings. The maximum absolute atomic E-state index is 13.2. The molecule has 1 saturated carbocycles. The Morgan fingerprint density at radius 1 is 0.895 bits per heavy atom. The van der Waals surface area contributed by atoms with E-state index in [-0.39, 0.29) is 18.4 Å². The van der Waals surface area contributed by atoms with Gasteiger partial charge in [0.25, 0.3) is 0 Å². The number of amides is 2. The van der Waals surface area contributed by atoms with Gasteiger partial charge in [-0.3, -0.25) is 9.59 Å². The summed E-state index contributed by atoms with van der Waals surface area (Å²) in [5.41, 5.74) is 5.11. The first-order valence-electron chi connectivity index (χ1n) is 13.7. The van der Waals surface area contributed by atoms with Gasteiger partial charge in [0.1, 0.15) is 12.4 Å². The van der Waals surface area contributed by atoms with Crippen molar-refractivity contribution in [2.45, 2.75) is 57.5 Å². The molecule has 0 atom stereocenters. The van der Waals surface area contributed by atoms with Crippen molar-refractivity contribution in [2.24, 2.45) is 0 Å². The van der Waals surface area contributed by atoms with Crippen molar-refractivity contribution >= 4 is 22.8 Å². The van der Waals surface area contributed by atoms with E-state index in [0.29, 0.717) is 25.4 Å². The third kappa shape index (κ3) is 6.13. The van der Waals surface area contributed by atoms with Crippen molar-refractivity contribution in [1.82, 2.24) is 19.8 Å². The van der Waals surface area contributed by atoms with Crippen LogP contribution in [0.1, 0.15) is 43.5 Å². The summed E-state index contributed by atoms with van der Waals surface area (Å²) < 4.78 is 2.02. The van der Waals surface area contributed by atoms with Gasteiger partial charge in [-0.25, -0.2) is 4.98 Å². The van der Waals surface area contributed by atoms with E-state index in [2.05, 4.69) is 29.6 Å². The van der Waals surface area contributed by atoms with Crippen LogP contribution in [-0.4, -0.2) is 45.9 Å². The van der Waals surface area contributed by atoms with Gasteiger partial charge in [-0.2, -0.15) is 0 Å². The standard InChI is InChI=1S/C32H36N4O2/c1-35(27-12-6-3-7-13-27)32(38)23-36-29-15-9-8-14-28(29)34-30(36)20-21-33-31(37)22-24-16-18-26(19-17-24)25-10-4-2-5-11-25/h2,4-5,8-11,14-19,27H,3,6-7,12-13,20-23H2,1H3,(H,33,37). The van der Waals surface area contributed by atoms with Crippen LogP contribution in [0.2, 0.25) is 0 Å². The Hall–Kier alpha value is -3.93. The topological polar surface area (TPSA) is 67.2 Å². The Labute approximate surface area is 224 Å². The van der Waals surface area contributed by atoms with E-state index in [9.17, 15) is 9.59 Å². The van der Waals surface area contributed by atoms with Gasteiger partial charge in [-0.05, 0) is 41.7 Å². The molecule has 1 aliphatic carbocycles.